The third-order valence-corrected chi connectivity index (χ3v) is 4.57. The van der Waals surface area contributed by atoms with Crippen LogP contribution in [0.5, 0.6) is 0 Å². The summed E-state index contributed by atoms with van der Waals surface area (Å²) in [5, 5.41) is 8.01. The molecule has 1 rings (SSSR count). The molecule has 0 aliphatic heterocycles. The minimum Gasteiger partial charge on any atom is -0.366 e. The zero-order chi connectivity index (χ0) is 17.6. The number of nitrogens with one attached hydrogen (secondary N) is 2. The second-order valence-electron chi connectivity index (χ2n) is 6.73. The van der Waals surface area contributed by atoms with Gasteiger partial charge in [0.05, 0.1) is 5.69 Å². The van der Waals surface area contributed by atoms with Crippen LogP contribution in [0.15, 0.2) is 34.5 Å². The maximum absolute atomic E-state index is 6.11. The number of anilines is 1. The summed E-state index contributed by atoms with van der Waals surface area (Å²) >= 11 is 7.81. The Labute approximate surface area is 150 Å². The van der Waals surface area contributed by atoms with Crippen LogP contribution in [-0.2, 0) is 0 Å². The molecule has 0 aliphatic rings. The Morgan fingerprint density at radius 3 is 2.48 bits per heavy atom. The van der Waals surface area contributed by atoms with Crippen molar-refractivity contribution in [1.82, 2.24) is 10.2 Å². The summed E-state index contributed by atoms with van der Waals surface area (Å²) in [6, 6.07) is 5.96. The van der Waals surface area contributed by atoms with Gasteiger partial charge in [0.1, 0.15) is 5.82 Å². The molecule has 0 fully saturated rings. The van der Waals surface area contributed by atoms with Gasteiger partial charge in [-0.1, -0.05) is 18.5 Å². The summed E-state index contributed by atoms with van der Waals surface area (Å²) in [7, 11) is 4.19. The van der Waals surface area contributed by atoms with E-state index in [2.05, 4.69) is 63.6 Å². The van der Waals surface area contributed by atoms with Gasteiger partial charge in [-0.2, -0.15) is 0 Å². The first-order valence-corrected chi connectivity index (χ1v) is 9.52. The van der Waals surface area contributed by atoms with E-state index in [1.54, 1.807) is 11.8 Å². The lowest BCUT2D eigenvalue weighted by atomic mass is 10.0. The molecular weight excluding hydrogens is 326 g/mol. The Kier molecular flexibility index (Phi) is 7.78. The highest BCUT2D eigenvalue weighted by Crippen LogP contribution is 2.30. The predicted molar refractivity (Wildman–Crippen MR) is 106 cm³/mol. The van der Waals surface area contributed by atoms with Gasteiger partial charge in [-0.15, -0.1) is 11.8 Å². The summed E-state index contributed by atoms with van der Waals surface area (Å²) in [4.78, 5) is 3.34. The zero-order valence-electron chi connectivity index (χ0n) is 15.4. The fourth-order valence-corrected chi connectivity index (χ4v) is 3.31. The molecule has 0 saturated heterocycles. The quantitative estimate of drug-likeness (QED) is 0.638. The van der Waals surface area contributed by atoms with E-state index < -0.39 is 0 Å². The highest BCUT2D eigenvalue weighted by molar-refractivity contribution is 7.98. The minimum absolute atomic E-state index is 0.0335. The van der Waals surface area contributed by atoms with E-state index in [0.717, 1.165) is 34.4 Å². The topological polar surface area (TPSA) is 27.3 Å². The highest BCUT2D eigenvalue weighted by atomic mass is 35.5. The second-order valence-corrected chi connectivity index (χ2v) is 8.01. The molecule has 0 unspecified atom stereocenters. The monoisotopic (exact) mass is 355 g/mol. The van der Waals surface area contributed by atoms with E-state index in [-0.39, 0.29) is 5.54 Å². The van der Waals surface area contributed by atoms with Gasteiger partial charge in [0.15, 0.2) is 0 Å². The number of benzene rings is 1. The van der Waals surface area contributed by atoms with Crippen LogP contribution < -0.4 is 10.6 Å². The van der Waals surface area contributed by atoms with Gasteiger partial charge in [0.2, 0.25) is 0 Å². The largest absolute Gasteiger partial charge is 0.366 e. The molecule has 130 valence electrons. The number of likely N-dealkylation sites (N-methyl/N-ethyl adjacent to an activating group) is 1. The number of hydrogen-bond acceptors (Lipinski definition) is 4. The molecule has 1 aromatic rings. The van der Waals surface area contributed by atoms with E-state index in [0.29, 0.717) is 0 Å². The van der Waals surface area contributed by atoms with E-state index in [4.69, 9.17) is 11.6 Å². The molecule has 23 heavy (non-hydrogen) atoms. The lowest BCUT2D eigenvalue weighted by Crippen LogP contribution is -2.48. The van der Waals surface area contributed by atoms with Crippen molar-refractivity contribution in [1.29, 1.82) is 0 Å². The first-order chi connectivity index (χ1) is 10.7. The van der Waals surface area contributed by atoms with Crippen LogP contribution in [0.1, 0.15) is 34.1 Å². The average Bonchev–Trinajstić information content (AvgIpc) is 2.45. The molecule has 0 heterocycles. The second kappa shape index (κ2) is 8.86. The van der Waals surface area contributed by atoms with Crippen molar-refractivity contribution in [3.05, 3.63) is 34.6 Å². The van der Waals surface area contributed by atoms with Gasteiger partial charge in [0, 0.05) is 22.0 Å². The van der Waals surface area contributed by atoms with Crippen molar-refractivity contribution in [2.45, 2.75) is 44.6 Å². The Balaban J connectivity index is 3.06. The molecule has 0 atom stereocenters. The molecule has 0 spiro atoms. The first-order valence-electron chi connectivity index (χ1n) is 7.91. The van der Waals surface area contributed by atoms with Crippen molar-refractivity contribution in [2.24, 2.45) is 0 Å². The van der Waals surface area contributed by atoms with Crippen molar-refractivity contribution < 1.29 is 0 Å². The third-order valence-electron chi connectivity index (χ3n) is 3.56. The predicted octanol–water partition coefficient (Wildman–Crippen LogP) is 5.05. The standard InChI is InChI=1S/C18H30ClN3S/c1-8-13(2)17(21-18(3,4)12-22(5)6)20-15-10-9-14(19)11-16(15)23-7/h9-11,20-21H,8,12H2,1-7H3/b17-13-. The normalized spacial score (nSPS) is 13.1. The van der Waals surface area contributed by atoms with E-state index in [1.807, 2.05) is 18.2 Å². The van der Waals surface area contributed by atoms with E-state index in [9.17, 15) is 0 Å². The third kappa shape index (κ3) is 6.66. The fraction of sp³-hybridized carbons (Fsp3) is 0.556. The number of hydrogen-bond donors (Lipinski definition) is 2. The van der Waals surface area contributed by atoms with Crippen LogP contribution in [0.25, 0.3) is 0 Å². The molecule has 3 nitrogen and oxygen atoms in total. The molecule has 0 radical (unpaired) electrons. The van der Waals surface area contributed by atoms with Crippen LogP contribution in [0.3, 0.4) is 0 Å². The Morgan fingerprint density at radius 2 is 1.96 bits per heavy atom. The lowest BCUT2D eigenvalue weighted by Gasteiger charge is -2.33. The molecule has 5 heteroatoms. The lowest BCUT2D eigenvalue weighted by molar-refractivity contribution is 0.284. The van der Waals surface area contributed by atoms with Gasteiger partial charge < -0.3 is 15.5 Å². The van der Waals surface area contributed by atoms with Crippen LogP contribution in [-0.4, -0.2) is 37.3 Å². The summed E-state index contributed by atoms with van der Waals surface area (Å²) in [5.74, 6) is 1.08. The zero-order valence-corrected chi connectivity index (χ0v) is 17.0. The molecule has 0 aromatic heterocycles. The summed E-state index contributed by atoms with van der Waals surface area (Å²) in [5.41, 5.74) is 2.35. The van der Waals surface area contributed by atoms with E-state index in [1.165, 1.54) is 5.57 Å². The number of thioether (sulfide) groups is 1. The molecule has 1 aromatic carbocycles. The van der Waals surface area contributed by atoms with Crippen LogP contribution >= 0.6 is 23.4 Å². The van der Waals surface area contributed by atoms with Gasteiger partial charge in [-0.3, -0.25) is 0 Å². The first kappa shape index (κ1) is 20.2. The number of halogens is 1. The summed E-state index contributed by atoms with van der Waals surface area (Å²) in [6.07, 6.45) is 3.06. The maximum Gasteiger partial charge on any atom is 0.102 e. The molecule has 0 saturated carbocycles. The highest BCUT2D eigenvalue weighted by Gasteiger charge is 2.21. The van der Waals surface area contributed by atoms with Crippen molar-refractivity contribution in [3.63, 3.8) is 0 Å². The van der Waals surface area contributed by atoms with Crippen molar-refractivity contribution in [3.8, 4) is 0 Å². The van der Waals surface area contributed by atoms with Gasteiger partial charge in [-0.25, -0.2) is 0 Å². The Bertz CT molecular complexity index is 553. The molecule has 0 amide bonds. The van der Waals surface area contributed by atoms with Crippen LogP contribution in [0.4, 0.5) is 5.69 Å². The van der Waals surface area contributed by atoms with Gasteiger partial charge in [-0.05, 0) is 71.3 Å². The van der Waals surface area contributed by atoms with E-state index >= 15 is 0 Å². The number of allylic oxidation sites excluding steroid dienone is 1. The Morgan fingerprint density at radius 1 is 1.30 bits per heavy atom. The van der Waals surface area contributed by atoms with Crippen molar-refractivity contribution in [2.75, 3.05) is 32.2 Å². The van der Waals surface area contributed by atoms with Crippen LogP contribution in [0.2, 0.25) is 5.02 Å². The Hall–Kier alpha value is -0.840. The number of rotatable bonds is 8. The molecule has 2 N–H and O–H groups in total. The fourth-order valence-electron chi connectivity index (χ4n) is 2.49. The molecule has 0 bridgehead atoms. The average molecular weight is 356 g/mol. The minimum atomic E-state index is -0.0335. The number of nitrogens with zero attached hydrogens (tertiary/aromatic N) is 1. The van der Waals surface area contributed by atoms with Gasteiger partial charge >= 0.3 is 0 Å². The molecule has 0 aliphatic carbocycles. The SMILES string of the molecule is CC/C(C)=C(/Nc1ccc(Cl)cc1SC)NC(C)(C)CN(C)C. The molecular formula is C18H30ClN3S. The van der Waals surface area contributed by atoms with Crippen molar-refractivity contribution >= 4 is 29.1 Å². The van der Waals surface area contributed by atoms with Gasteiger partial charge in [0.25, 0.3) is 0 Å². The van der Waals surface area contributed by atoms with Crippen LogP contribution in [0, 0.1) is 0 Å². The maximum atomic E-state index is 6.11. The summed E-state index contributed by atoms with van der Waals surface area (Å²) < 4.78 is 0. The smallest absolute Gasteiger partial charge is 0.102 e. The summed E-state index contributed by atoms with van der Waals surface area (Å²) in [6.45, 7) is 9.72.